The van der Waals surface area contributed by atoms with E-state index in [1.807, 2.05) is 54.8 Å². The van der Waals surface area contributed by atoms with Crippen LogP contribution < -0.4 is 16.4 Å². The van der Waals surface area contributed by atoms with Crippen LogP contribution >= 0.6 is 19.4 Å². The monoisotopic (exact) mass is 461 g/mol. The van der Waals surface area contributed by atoms with Gasteiger partial charge < -0.3 is 11.1 Å². The highest BCUT2D eigenvalue weighted by Crippen LogP contribution is 2.30. The molecule has 4 aromatic rings. The molecule has 0 aliphatic carbocycles. The Morgan fingerprint density at radius 1 is 1.06 bits per heavy atom. The zero-order chi connectivity index (χ0) is 22.7. The zero-order valence-electron chi connectivity index (χ0n) is 17.4. The van der Waals surface area contributed by atoms with Crippen LogP contribution in [0.4, 0.5) is 11.4 Å². The molecule has 1 unspecified atom stereocenters. The lowest BCUT2D eigenvalue weighted by Crippen LogP contribution is -2.14. The summed E-state index contributed by atoms with van der Waals surface area (Å²) < 4.78 is 11.8. The topological polar surface area (TPSA) is 92.4 Å². The van der Waals surface area contributed by atoms with Crippen molar-refractivity contribution in [2.24, 2.45) is 0 Å². The molecule has 0 saturated carbocycles. The van der Waals surface area contributed by atoms with Crippen molar-refractivity contribution in [3.05, 3.63) is 100 Å². The molecule has 0 radical (unpaired) electrons. The molecule has 0 saturated heterocycles. The highest BCUT2D eigenvalue weighted by molar-refractivity contribution is 7.47. The predicted octanol–water partition coefficient (Wildman–Crippen LogP) is 5.51. The van der Waals surface area contributed by atoms with Gasteiger partial charge in [-0.1, -0.05) is 36.4 Å². The summed E-state index contributed by atoms with van der Waals surface area (Å²) in [7, 11) is -2.45. The molecule has 0 aliphatic rings. The van der Waals surface area contributed by atoms with E-state index in [0.29, 0.717) is 28.7 Å². The van der Waals surface area contributed by atoms with Crippen LogP contribution in [0.15, 0.2) is 78.2 Å². The lowest BCUT2D eigenvalue weighted by Gasteiger charge is -2.11. The van der Waals surface area contributed by atoms with E-state index in [1.54, 1.807) is 41.7 Å². The number of carbonyl (C=O) groups is 1. The largest absolute Gasteiger partial charge is 0.546 e. The lowest BCUT2D eigenvalue weighted by atomic mass is 9.99. The summed E-state index contributed by atoms with van der Waals surface area (Å²) in [6.07, 6.45) is 0.459. The van der Waals surface area contributed by atoms with Crippen LogP contribution in [0.25, 0.3) is 10.4 Å². The van der Waals surface area contributed by atoms with E-state index in [9.17, 15) is 14.3 Å². The standard InChI is InChI=1S/C25H21N2O3PS/c1-16-5-2-8-23(31(29)30)20(16)14-17-6-3-7-19(13-17)25(28)27-22-15-18(10-11-21(22)26)24-9-4-12-32-24/h2-13,15H,14,26H2,1H3,(H-,27,28,29,30)/p+1. The van der Waals surface area contributed by atoms with Crippen molar-refractivity contribution in [1.82, 2.24) is 0 Å². The van der Waals surface area contributed by atoms with Gasteiger partial charge in [0, 0.05) is 22.4 Å². The van der Waals surface area contributed by atoms with E-state index in [-0.39, 0.29) is 5.91 Å². The van der Waals surface area contributed by atoms with Gasteiger partial charge in [0.2, 0.25) is 5.30 Å². The molecule has 1 aromatic heterocycles. The number of nitrogens with two attached hydrogens (primary N) is 1. The molecule has 7 heteroatoms. The molecular formula is C25H22N2O3PS+. The summed E-state index contributed by atoms with van der Waals surface area (Å²) in [5.41, 5.74) is 11.3. The van der Waals surface area contributed by atoms with E-state index in [0.717, 1.165) is 27.1 Å². The van der Waals surface area contributed by atoms with E-state index in [2.05, 4.69) is 5.32 Å². The summed E-state index contributed by atoms with van der Waals surface area (Å²) in [4.78, 5) is 23.7. The van der Waals surface area contributed by atoms with Crippen LogP contribution in [-0.4, -0.2) is 10.8 Å². The molecule has 1 atom stereocenters. The van der Waals surface area contributed by atoms with E-state index < -0.39 is 8.03 Å². The average Bonchev–Trinajstić information content (AvgIpc) is 3.31. The number of amides is 1. The minimum absolute atomic E-state index is 0.264. The van der Waals surface area contributed by atoms with E-state index in [4.69, 9.17) is 5.73 Å². The third-order valence-electron chi connectivity index (χ3n) is 5.27. The molecule has 1 heterocycles. The third kappa shape index (κ3) is 4.78. The molecule has 160 valence electrons. The third-order valence-corrected chi connectivity index (χ3v) is 7.02. The fraction of sp³-hybridized carbons (Fsp3) is 0.0800. The molecule has 32 heavy (non-hydrogen) atoms. The van der Waals surface area contributed by atoms with Crippen LogP contribution in [0.2, 0.25) is 0 Å². The summed E-state index contributed by atoms with van der Waals surface area (Å²) in [6, 6.07) is 22.2. The van der Waals surface area contributed by atoms with Crippen molar-refractivity contribution in [3.63, 3.8) is 0 Å². The van der Waals surface area contributed by atoms with E-state index in [1.165, 1.54) is 0 Å². The Bertz CT molecular complexity index is 1300. The molecule has 0 fully saturated rings. The van der Waals surface area contributed by atoms with Crippen molar-refractivity contribution in [1.29, 1.82) is 0 Å². The van der Waals surface area contributed by atoms with Gasteiger partial charge in [0.25, 0.3) is 5.91 Å². The quantitative estimate of drug-likeness (QED) is 0.261. The maximum Gasteiger partial charge on any atom is 0.546 e. The van der Waals surface area contributed by atoms with Gasteiger partial charge in [-0.3, -0.25) is 4.79 Å². The Kier molecular flexibility index (Phi) is 6.47. The number of thiophene rings is 1. The lowest BCUT2D eigenvalue weighted by molar-refractivity contribution is 0.102. The van der Waals surface area contributed by atoms with Crippen LogP contribution in [0.5, 0.6) is 0 Å². The second kappa shape index (κ2) is 9.45. The predicted molar refractivity (Wildman–Crippen MR) is 132 cm³/mol. The zero-order valence-corrected chi connectivity index (χ0v) is 19.1. The number of nitrogen functional groups attached to an aromatic ring is 1. The highest BCUT2D eigenvalue weighted by atomic mass is 32.1. The van der Waals surface area contributed by atoms with Crippen LogP contribution in [0.1, 0.15) is 27.0 Å². The maximum absolute atomic E-state index is 13.0. The van der Waals surface area contributed by atoms with Crippen LogP contribution in [0, 0.1) is 6.92 Å². The molecule has 3 aromatic carbocycles. The number of aryl methyl sites for hydroxylation is 1. The molecule has 4 rings (SSSR count). The number of nitrogens with one attached hydrogen (secondary N) is 1. The smallest absolute Gasteiger partial charge is 0.397 e. The Balaban J connectivity index is 1.58. The van der Waals surface area contributed by atoms with Crippen molar-refractivity contribution < 1.29 is 14.3 Å². The summed E-state index contributed by atoms with van der Waals surface area (Å²) in [5.74, 6) is -0.264. The van der Waals surface area contributed by atoms with Gasteiger partial charge in [0.05, 0.1) is 11.4 Å². The number of anilines is 2. The Morgan fingerprint density at radius 3 is 2.62 bits per heavy atom. The van der Waals surface area contributed by atoms with Gasteiger partial charge >= 0.3 is 8.03 Å². The first kappa shape index (κ1) is 21.9. The van der Waals surface area contributed by atoms with Gasteiger partial charge in [-0.2, -0.15) is 4.89 Å². The first-order valence-corrected chi connectivity index (χ1v) is 12.1. The SMILES string of the molecule is Cc1cccc([P+](=O)O)c1Cc1cccc(C(=O)Nc2cc(-c3cccs3)ccc2N)c1. The van der Waals surface area contributed by atoms with Crippen molar-refractivity contribution in [2.75, 3.05) is 11.1 Å². The normalized spacial score (nSPS) is 11.2. The fourth-order valence-corrected chi connectivity index (χ4v) is 5.00. The van der Waals surface area contributed by atoms with Crippen molar-refractivity contribution in [2.45, 2.75) is 13.3 Å². The number of hydrogen-bond acceptors (Lipinski definition) is 4. The molecule has 0 bridgehead atoms. The van der Waals surface area contributed by atoms with Crippen molar-refractivity contribution in [3.8, 4) is 10.4 Å². The number of benzene rings is 3. The summed E-state index contributed by atoms with van der Waals surface area (Å²) in [6.45, 7) is 1.91. The number of hydrogen-bond donors (Lipinski definition) is 3. The Hall–Kier alpha value is -3.31. The molecule has 4 N–H and O–H groups in total. The second-order valence-electron chi connectivity index (χ2n) is 7.46. The Labute approximate surface area is 191 Å². The second-order valence-corrected chi connectivity index (χ2v) is 9.43. The molecular weight excluding hydrogens is 439 g/mol. The summed E-state index contributed by atoms with van der Waals surface area (Å²) in [5, 5.41) is 5.34. The molecule has 1 amide bonds. The van der Waals surface area contributed by atoms with Gasteiger partial charge in [0.1, 0.15) is 0 Å². The number of rotatable bonds is 6. The van der Waals surface area contributed by atoms with E-state index >= 15 is 0 Å². The van der Waals surface area contributed by atoms with Gasteiger partial charge in [-0.05, 0) is 70.0 Å². The van der Waals surface area contributed by atoms with Crippen molar-refractivity contribution >= 4 is 42.0 Å². The number of carbonyl (C=O) groups excluding carboxylic acids is 1. The maximum atomic E-state index is 13.0. The first-order chi connectivity index (χ1) is 15.4. The molecule has 0 spiro atoms. The van der Waals surface area contributed by atoms with Gasteiger partial charge in [0.15, 0.2) is 0 Å². The van der Waals surface area contributed by atoms with Gasteiger partial charge in [-0.25, -0.2) is 0 Å². The van der Waals surface area contributed by atoms with Gasteiger partial charge in [-0.15, -0.1) is 11.3 Å². The first-order valence-electron chi connectivity index (χ1n) is 10.0. The highest BCUT2D eigenvalue weighted by Gasteiger charge is 2.23. The minimum Gasteiger partial charge on any atom is -0.397 e. The average molecular weight is 462 g/mol. The minimum atomic E-state index is -2.45. The van der Waals surface area contributed by atoms with Crippen LogP contribution in [-0.2, 0) is 11.0 Å². The van der Waals surface area contributed by atoms with Crippen LogP contribution in [0.3, 0.4) is 0 Å². The molecule has 5 nitrogen and oxygen atoms in total. The molecule has 0 aliphatic heterocycles. The fourth-order valence-electron chi connectivity index (χ4n) is 3.58. The Morgan fingerprint density at radius 2 is 1.88 bits per heavy atom. The summed E-state index contributed by atoms with van der Waals surface area (Å²) >= 11 is 1.62.